The molecule has 0 spiro atoms. The molecule has 0 heterocycles. The van der Waals surface area contributed by atoms with E-state index in [1.165, 1.54) is 0 Å². The molecule has 2 N–H and O–H groups in total. The molecule has 5 nitrogen and oxygen atoms in total. The lowest BCUT2D eigenvalue weighted by molar-refractivity contribution is 0.0517. The van der Waals surface area contributed by atoms with Crippen molar-refractivity contribution in [3.05, 3.63) is 0 Å². The highest BCUT2D eigenvalue weighted by atomic mass is 16.7. The Bertz CT molecular complexity index is 184. The summed E-state index contributed by atoms with van der Waals surface area (Å²) < 4.78 is 9.72. The van der Waals surface area contributed by atoms with Gasteiger partial charge in [0.2, 0.25) is 0 Å². The molecule has 0 aromatic rings. The van der Waals surface area contributed by atoms with E-state index < -0.39 is 6.16 Å². The SMILES string of the molecule is CC(O)CCCCOC(=O)OCCCCC(C)O. The Morgan fingerprint density at radius 1 is 0.889 bits per heavy atom. The van der Waals surface area contributed by atoms with Crippen molar-refractivity contribution in [2.24, 2.45) is 0 Å². The summed E-state index contributed by atoms with van der Waals surface area (Å²) >= 11 is 0. The minimum Gasteiger partial charge on any atom is -0.434 e. The highest BCUT2D eigenvalue weighted by Gasteiger charge is 2.04. The van der Waals surface area contributed by atoms with E-state index in [1.54, 1.807) is 13.8 Å². The maximum Gasteiger partial charge on any atom is 0.508 e. The van der Waals surface area contributed by atoms with Crippen molar-refractivity contribution in [1.29, 1.82) is 0 Å². The van der Waals surface area contributed by atoms with Crippen LogP contribution in [0.15, 0.2) is 0 Å². The molecule has 2 atom stereocenters. The van der Waals surface area contributed by atoms with E-state index in [9.17, 15) is 4.79 Å². The first kappa shape index (κ1) is 17.2. The van der Waals surface area contributed by atoms with Gasteiger partial charge in [-0.3, -0.25) is 0 Å². The van der Waals surface area contributed by atoms with Gasteiger partial charge in [0.1, 0.15) is 0 Å². The summed E-state index contributed by atoms with van der Waals surface area (Å²) in [6.07, 6.45) is 3.35. The second-order valence-electron chi connectivity index (χ2n) is 4.64. The molecule has 0 radical (unpaired) electrons. The van der Waals surface area contributed by atoms with Crippen LogP contribution in [-0.2, 0) is 9.47 Å². The van der Waals surface area contributed by atoms with Gasteiger partial charge in [0.05, 0.1) is 25.4 Å². The summed E-state index contributed by atoms with van der Waals surface area (Å²) in [7, 11) is 0. The van der Waals surface area contributed by atoms with E-state index in [4.69, 9.17) is 19.7 Å². The zero-order valence-electron chi connectivity index (χ0n) is 11.4. The molecule has 0 amide bonds. The predicted molar refractivity (Wildman–Crippen MR) is 68.4 cm³/mol. The van der Waals surface area contributed by atoms with Crippen LogP contribution in [0.1, 0.15) is 52.4 Å². The quantitative estimate of drug-likeness (QED) is 0.466. The van der Waals surface area contributed by atoms with Crippen LogP contribution in [0.25, 0.3) is 0 Å². The number of aliphatic hydroxyl groups is 2. The molecule has 0 aliphatic carbocycles. The van der Waals surface area contributed by atoms with Crippen LogP contribution in [0, 0.1) is 0 Å². The van der Waals surface area contributed by atoms with E-state index in [0.29, 0.717) is 13.2 Å². The highest BCUT2D eigenvalue weighted by molar-refractivity contribution is 5.59. The second-order valence-corrected chi connectivity index (χ2v) is 4.64. The molecule has 0 saturated heterocycles. The minimum absolute atomic E-state index is 0.300. The van der Waals surface area contributed by atoms with Crippen LogP contribution in [0.2, 0.25) is 0 Å². The lowest BCUT2D eigenvalue weighted by Gasteiger charge is -2.07. The number of carbonyl (C=O) groups excluding carboxylic acids is 1. The maximum atomic E-state index is 11.1. The van der Waals surface area contributed by atoms with Crippen molar-refractivity contribution in [2.45, 2.75) is 64.6 Å². The fraction of sp³-hybridized carbons (Fsp3) is 0.923. The Kier molecular flexibility index (Phi) is 10.8. The van der Waals surface area contributed by atoms with Crippen molar-refractivity contribution in [1.82, 2.24) is 0 Å². The van der Waals surface area contributed by atoms with Gasteiger partial charge in [0, 0.05) is 0 Å². The molecule has 0 fully saturated rings. The van der Waals surface area contributed by atoms with E-state index in [1.807, 2.05) is 0 Å². The fourth-order valence-corrected chi connectivity index (χ4v) is 1.44. The Morgan fingerprint density at radius 3 is 1.61 bits per heavy atom. The van der Waals surface area contributed by atoms with Gasteiger partial charge < -0.3 is 19.7 Å². The summed E-state index contributed by atoms with van der Waals surface area (Å²) in [5, 5.41) is 18.0. The molecule has 2 unspecified atom stereocenters. The average molecular weight is 262 g/mol. The lowest BCUT2D eigenvalue weighted by atomic mass is 10.2. The molecule has 5 heteroatoms. The molecule has 0 rings (SSSR count). The minimum atomic E-state index is -0.635. The number of rotatable bonds is 10. The Labute approximate surface area is 109 Å². The Hall–Kier alpha value is -0.810. The topological polar surface area (TPSA) is 76.0 Å². The van der Waals surface area contributed by atoms with Gasteiger partial charge in [-0.05, 0) is 52.4 Å². The molecule has 0 aliphatic heterocycles. The van der Waals surface area contributed by atoms with E-state index in [-0.39, 0.29) is 12.2 Å². The lowest BCUT2D eigenvalue weighted by Crippen LogP contribution is -2.10. The Balaban J connectivity index is 3.22. The van der Waals surface area contributed by atoms with Crippen molar-refractivity contribution >= 4 is 6.16 Å². The number of ether oxygens (including phenoxy) is 2. The predicted octanol–water partition coefficient (Wildman–Crippen LogP) is 2.24. The monoisotopic (exact) mass is 262 g/mol. The first-order valence-electron chi connectivity index (χ1n) is 6.68. The smallest absolute Gasteiger partial charge is 0.434 e. The van der Waals surface area contributed by atoms with Crippen LogP contribution >= 0.6 is 0 Å². The number of aliphatic hydroxyl groups excluding tert-OH is 2. The third-order valence-electron chi connectivity index (χ3n) is 2.47. The average Bonchev–Trinajstić information content (AvgIpc) is 2.27. The molecule has 0 aliphatic rings. The van der Waals surface area contributed by atoms with E-state index in [0.717, 1.165) is 38.5 Å². The molecule has 108 valence electrons. The summed E-state index contributed by atoms with van der Waals surface area (Å²) in [5.74, 6) is 0. The number of hydrogen-bond acceptors (Lipinski definition) is 5. The fourth-order valence-electron chi connectivity index (χ4n) is 1.44. The van der Waals surface area contributed by atoms with Crippen molar-refractivity contribution in [3.8, 4) is 0 Å². The largest absolute Gasteiger partial charge is 0.508 e. The van der Waals surface area contributed by atoms with Gasteiger partial charge in [-0.1, -0.05) is 0 Å². The zero-order chi connectivity index (χ0) is 13.8. The Morgan fingerprint density at radius 2 is 1.28 bits per heavy atom. The molecular formula is C13H26O5. The first-order chi connectivity index (χ1) is 8.52. The van der Waals surface area contributed by atoms with Gasteiger partial charge >= 0.3 is 6.16 Å². The summed E-state index contributed by atoms with van der Waals surface area (Å²) in [5.41, 5.74) is 0. The molecule has 0 aromatic carbocycles. The normalized spacial score (nSPS) is 14.0. The van der Waals surface area contributed by atoms with Gasteiger partial charge in [-0.15, -0.1) is 0 Å². The van der Waals surface area contributed by atoms with Crippen LogP contribution in [-0.4, -0.2) is 41.8 Å². The summed E-state index contributed by atoms with van der Waals surface area (Å²) in [6, 6.07) is 0. The van der Waals surface area contributed by atoms with Gasteiger partial charge in [0.25, 0.3) is 0 Å². The van der Waals surface area contributed by atoms with Crippen LogP contribution in [0.4, 0.5) is 4.79 Å². The summed E-state index contributed by atoms with van der Waals surface area (Å²) in [6.45, 7) is 4.14. The van der Waals surface area contributed by atoms with Crippen molar-refractivity contribution in [2.75, 3.05) is 13.2 Å². The van der Waals surface area contributed by atoms with Crippen LogP contribution in [0.3, 0.4) is 0 Å². The molecule has 0 saturated carbocycles. The number of carbonyl (C=O) groups is 1. The second kappa shape index (κ2) is 11.3. The number of hydrogen-bond donors (Lipinski definition) is 2. The third kappa shape index (κ3) is 13.3. The van der Waals surface area contributed by atoms with E-state index >= 15 is 0 Å². The van der Waals surface area contributed by atoms with Crippen LogP contribution < -0.4 is 0 Å². The van der Waals surface area contributed by atoms with Crippen molar-refractivity contribution < 1.29 is 24.5 Å². The zero-order valence-corrected chi connectivity index (χ0v) is 11.4. The molecule has 0 bridgehead atoms. The van der Waals surface area contributed by atoms with Crippen LogP contribution in [0.5, 0.6) is 0 Å². The maximum absolute atomic E-state index is 11.1. The highest BCUT2D eigenvalue weighted by Crippen LogP contribution is 2.02. The molecular weight excluding hydrogens is 236 g/mol. The first-order valence-corrected chi connectivity index (χ1v) is 6.68. The standard InChI is InChI=1S/C13H26O5/c1-11(14)7-3-5-9-17-13(16)18-10-6-4-8-12(2)15/h11-12,14-15H,3-10H2,1-2H3. The van der Waals surface area contributed by atoms with Gasteiger partial charge in [-0.2, -0.15) is 0 Å². The van der Waals surface area contributed by atoms with Gasteiger partial charge in [-0.25, -0.2) is 4.79 Å². The number of unbranched alkanes of at least 4 members (excludes halogenated alkanes) is 2. The summed E-state index contributed by atoms with van der Waals surface area (Å²) in [4.78, 5) is 11.1. The van der Waals surface area contributed by atoms with E-state index in [2.05, 4.69) is 0 Å². The van der Waals surface area contributed by atoms with Gasteiger partial charge in [0.15, 0.2) is 0 Å². The molecule has 0 aromatic heterocycles. The molecule has 18 heavy (non-hydrogen) atoms. The van der Waals surface area contributed by atoms with Crippen molar-refractivity contribution in [3.63, 3.8) is 0 Å². The third-order valence-corrected chi connectivity index (χ3v) is 2.47.